The number of phosphoric ester groups is 1. The van der Waals surface area contributed by atoms with E-state index in [-0.39, 0.29) is 38.1 Å². The minimum absolute atomic E-state index is 0.0402. The van der Waals surface area contributed by atoms with E-state index in [4.69, 9.17) is 34.3 Å². The smallest absolute Gasteiger partial charge is 0.382 e. The number of hydrogen-bond acceptors (Lipinski definition) is 11. The number of nitrogens with two attached hydrogens (primary N) is 1. The molecule has 4 rings (SSSR count). The maximum absolute atomic E-state index is 14.0. The normalized spacial score (nSPS) is 17.2. The number of hydrogen-bond donors (Lipinski definition) is 2. The predicted octanol–water partition coefficient (Wildman–Crippen LogP) is 8.51. The highest BCUT2D eigenvalue weighted by molar-refractivity contribution is 7.47. The Morgan fingerprint density at radius 2 is 1.70 bits per heavy atom. The molecule has 2 aromatic heterocycles. The van der Waals surface area contributed by atoms with E-state index in [1.807, 2.05) is 18.2 Å². The molecule has 13 nitrogen and oxygen atoms in total. The lowest BCUT2D eigenvalue weighted by Crippen LogP contribution is -2.26. The Bertz CT molecular complexity index is 1600. The van der Waals surface area contributed by atoms with E-state index in [1.54, 1.807) is 4.52 Å². The minimum atomic E-state index is -4.48. The van der Waals surface area contributed by atoms with Crippen LogP contribution in [0.15, 0.2) is 36.7 Å². The number of phosphoric acid groups is 1. The Kier molecular flexibility index (Phi) is 20.5. The van der Waals surface area contributed by atoms with Crippen LogP contribution in [0.4, 0.5) is 10.2 Å². The zero-order valence-electron chi connectivity index (χ0n) is 31.0. The Morgan fingerprint density at radius 1 is 1.02 bits per heavy atom. The van der Waals surface area contributed by atoms with Crippen LogP contribution in [0.1, 0.15) is 126 Å². The fourth-order valence-corrected chi connectivity index (χ4v) is 7.03. The molecule has 3 heterocycles. The third-order valence-electron chi connectivity index (χ3n) is 9.06. The Labute approximate surface area is 313 Å². The molecular formula is C38H56FN6O7P. The van der Waals surface area contributed by atoms with Gasteiger partial charge in [-0.25, -0.2) is 23.7 Å². The highest BCUT2D eigenvalue weighted by atomic mass is 31.2. The van der Waals surface area contributed by atoms with Gasteiger partial charge >= 0.3 is 7.82 Å². The van der Waals surface area contributed by atoms with Crippen molar-refractivity contribution in [2.75, 3.05) is 32.2 Å². The summed E-state index contributed by atoms with van der Waals surface area (Å²) in [5, 5.41) is 20.0. The summed E-state index contributed by atoms with van der Waals surface area (Å²) in [7, 11) is -4.48. The first-order valence-electron chi connectivity index (χ1n) is 18.8. The highest BCUT2D eigenvalue weighted by Gasteiger charge is 2.32. The standard InChI is InChI=1S/C37H55FN5O7P.CHN/c1-2-3-4-5-6-7-8-9-10-11-12-13-14-19-46-25-33(47-24-30-20-29(23-39)21-31(38)22-30)27-49-51(44,45)48-26-32-15-18-36(50-32)34-16-17-35-37(40)41-28-42-43(34)35;1-2/h16-17,20-22,28,32-33,36H,2-15,18-19,24-27H2,1H3,(H,44,45)(H2,40,41,42);1H. The monoisotopic (exact) mass is 758 g/mol. The average molecular weight is 759 g/mol. The summed E-state index contributed by atoms with van der Waals surface area (Å²) in [6, 6.07) is 9.58. The van der Waals surface area contributed by atoms with Gasteiger partial charge in [0.1, 0.15) is 29.9 Å². The van der Waals surface area contributed by atoms with E-state index in [1.165, 1.54) is 82.7 Å². The van der Waals surface area contributed by atoms with Crippen molar-refractivity contribution in [1.29, 1.82) is 10.5 Å². The fraction of sp³-hybridized carbons (Fsp3) is 0.632. The van der Waals surface area contributed by atoms with Crippen molar-refractivity contribution in [1.82, 2.24) is 14.6 Å². The second kappa shape index (κ2) is 24.8. The molecule has 292 valence electrons. The molecular weight excluding hydrogens is 702 g/mol. The number of anilines is 1. The van der Waals surface area contributed by atoms with Crippen molar-refractivity contribution in [2.45, 2.75) is 128 Å². The van der Waals surface area contributed by atoms with Crippen LogP contribution in [0.2, 0.25) is 0 Å². The van der Waals surface area contributed by atoms with Crippen molar-refractivity contribution >= 4 is 19.2 Å². The molecule has 15 heteroatoms. The fourth-order valence-electron chi connectivity index (χ4n) is 6.25. The van der Waals surface area contributed by atoms with Gasteiger partial charge in [0.05, 0.1) is 49.9 Å². The average Bonchev–Trinajstić information content (AvgIpc) is 3.82. The second-order valence-corrected chi connectivity index (χ2v) is 14.7. The van der Waals surface area contributed by atoms with Crippen LogP contribution in [0, 0.1) is 29.0 Å². The van der Waals surface area contributed by atoms with E-state index in [0.717, 1.165) is 31.0 Å². The topological polar surface area (TPSA) is 187 Å². The quantitative estimate of drug-likeness (QED) is 0.0588. The van der Waals surface area contributed by atoms with Crippen LogP contribution in [-0.2, 0) is 34.4 Å². The van der Waals surface area contributed by atoms with Crippen LogP contribution in [0.5, 0.6) is 0 Å². The highest BCUT2D eigenvalue weighted by Crippen LogP contribution is 2.45. The summed E-state index contributed by atoms with van der Waals surface area (Å²) < 4.78 is 57.0. The number of nitriles is 2. The Balaban J connectivity index is 0.00000372. The van der Waals surface area contributed by atoms with Crippen molar-refractivity contribution in [3.05, 3.63) is 59.3 Å². The summed E-state index contributed by atoms with van der Waals surface area (Å²) in [4.78, 5) is 14.5. The molecule has 1 fully saturated rings. The first-order chi connectivity index (χ1) is 25.8. The lowest BCUT2D eigenvalue weighted by atomic mass is 10.0. The third kappa shape index (κ3) is 16.2. The van der Waals surface area contributed by atoms with Gasteiger partial charge in [-0.3, -0.25) is 9.05 Å². The number of rotatable bonds is 26. The van der Waals surface area contributed by atoms with Crippen molar-refractivity contribution in [3.63, 3.8) is 0 Å². The van der Waals surface area contributed by atoms with E-state index >= 15 is 0 Å². The van der Waals surface area contributed by atoms with Gasteiger partial charge in [0.2, 0.25) is 0 Å². The molecule has 3 N–H and O–H groups in total. The largest absolute Gasteiger partial charge is 0.472 e. The summed E-state index contributed by atoms with van der Waals surface area (Å²) in [6.45, 7) is 5.88. The number of unbranched alkanes of at least 4 members (excludes halogenated alkanes) is 12. The molecule has 0 spiro atoms. The molecule has 0 bridgehead atoms. The molecule has 1 aromatic carbocycles. The number of benzene rings is 1. The lowest BCUT2D eigenvalue weighted by Gasteiger charge is -2.21. The SMILES string of the molecule is C#N.CCCCCCCCCCCCCCCOCC(COP(=O)(O)OCC1CCC(c2ccc3c(N)ncnn23)O1)OCc1cc(F)cc(C#N)c1. The van der Waals surface area contributed by atoms with Crippen LogP contribution >= 0.6 is 7.82 Å². The molecule has 4 unspecified atom stereocenters. The predicted molar refractivity (Wildman–Crippen MR) is 199 cm³/mol. The summed E-state index contributed by atoms with van der Waals surface area (Å²) in [6.07, 6.45) is 17.5. The Morgan fingerprint density at radius 3 is 2.38 bits per heavy atom. The summed E-state index contributed by atoms with van der Waals surface area (Å²) in [5.41, 5.74) is 8.06. The summed E-state index contributed by atoms with van der Waals surface area (Å²) >= 11 is 0. The van der Waals surface area contributed by atoms with Crippen LogP contribution in [0.25, 0.3) is 5.52 Å². The molecule has 3 aromatic rings. The van der Waals surface area contributed by atoms with Gasteiger partial charge in [-0.05, 0) is 55.2 Å². The second-order valence-electron chi connectivity index (χ2n) is 13.3. The molecule has 53 heavy (non-hydrogen) atoms. The molecule has 1 saturated heterocycles. The molecule has 0 amide bonds. The number of halogens is 1. The minimum Gasteiger partial charge on any atom is -0.382 e. The number of fused-ring (bicyclic) bond motifs is 1. The Hall–Kier alpha value is -3.46. The van der Waals surface area contributed by atoms with Gasteiger partial charge in [0, 0.05) is 13.2 Å². The molecule has 0 saturated carbocycles. The van der Waals surface area contributed by atoms with Gasteiger partial charge < -0.3 is 24.8 Å². The number of nitrogen functional groups attached to an aromatic ring is 1. The van der Waals surface area contributed by atoms with Crippen LogP contribution < -0.4 is 5.73 Å². The molecule has 1 aliphatic rings. The maximum atomic E-state index is 14.0. The first kappa shape index (κ1) is 43.9. The lowest BCUT2D eigenvalue weighted by molar-refractivity contribution is -0.0529. The zero-order valence-corrected chi connectivity index (χ0v) is 31.8. The first-order valence-corrected chi connectivity index (χ1v) is 20.3. The molecule has 0 radical (unpaired) electrons. The van der Waals surface area contributed by atoms with Gasteiger partial charge in [-0.15, -0.1) is 0 Å². The zero-order chi connectivity index (χ0) is 38.3. The van der Waals surface area contributed by atoms with Crippen LogP contribution in [0.3, 0.4) is 0 Å². The van der Waals surface area contributed by atoms with Gasteiger partial charge in [-0.1, -0.05) is 84.0 Å². The molecule has 1 aliphatic heterocycles. The third-order valence-corrected chi connectivity index (χ3v) is 10.0. The molecule has 4 atom stereocenters. The number of ether oxygens (including phenoxy) is 3. The van der Waals surface area contributed by atoms with Crippen molar-refractivity contribution < 1.29 is 37.1 Å². The molecule has 0 aliphatic carbocycles. The van der Waals surface area contributed by atoms with Gasteiger partial charge in [0.15, 0.2) is 5.82 Å². The van der Waals surface area contributed by atoms with E-state index < -0.39 is 25.8 Å². The van der Waals surface area contributed by atoms with Gasteiger partial charge in [-0.2, -0.15) is 10.4 Å². The summed E-state index contributed by atoms with van der Waals surface area (Å²) in [5.74, 6) is -0.186. The van der Waals surface area contributed by atoms with Crippen molar-refractivity contribution in [3.8, 4) is 12.6 Å². The van der Waals surface area contributed by atoms with E-state index in [9.17, 15) is 19.1 Å². The van der Waals surface area contributed by atoms with Crippen LogP contribution in [-0.4, -0.2) is 58.1 Å². The number of nitrogens with zero attached hydrogens (tertiary/aromatic N) is 5. The number of aromatic nitrogens is 3. The van der Waals surface area contributed by atoms with E-state index in [0.29, 0.717) is 36.3 Å². The van der Waals surface area contributed by atoms with Crippen molar-refractivity contribution in [2.24, 2.45) is 0 Å². The van der Waals surface area contributed by atoms with E-state index in [2.05, 4.69) is 23.6 Å². The maximum Gasteiger partial charge on any atom is 0.472 e. The van der Waals surface area contributed by atoms with Gasteiger partial charge in [0.25, 0.3) is 0 Å².